The lowest BCUT2D eigenvalue weighted by atomic mass is 9.97. The third-order valence-electron chi connectivity index (χ3n) is 4.95. The van der Waals surface area contributed by atoms with Crippen molar-refractivity contribution >= 4 is 12.6 Å². The van der Waals surface area contributed by atoms with Crippen LogP contribution in [0.3, 0.4) is 0 Å². The third-order valence-corrected chi connectivity index (χ3v) is 5.27. The summed E-state index contributed by atoms with van der Waals surface area (Å²) in [6.45, 7) is 20.1. The molecule has 1 unspecified atom stereocenters. The Balaban J connectivity index is 0. The van der Waals surface area contributed by atoms with Crippen LogP contribution in [-0.2, 0) is 13.0 Å². The number of aryl methyl sites for hydroxylation is 2. The van der Waals surface area contributed by atoms with Gasteiger partial charge >= 0.3 is 0 Å². The summed E-state index contributed by atoms with van der Waals surface area (Å²) >= 11 is 4.19. The minimum Gasteiger partial charge on any atom is -0.405 e. The van der Waals surface area contributed by atoms with Crippen molar-refractivity contribution in [3.8, 4) is 0 Å². The van der Waals surface area contributed by atoms with Crippen LogP contribution in [-0.4, -0.2) is 11.8 Å². The van der Waals surface area contributed by atoms with Crippen molar-refractivity contribution in [2.24, 2.45) is 17.4 Å². The molecular formula is C31H51N3S. The molecule has 5 N–H and O–H groups in total. The van der Waals surface area contributed by atoms with E-state index in [1.807, 2.05) is 18.2 Å². The number of benzene rings is 2. The van der Waals surface area contributed by atoms with Crippen LogP contribution in [0.1, 0.15) is 63.1 Å². The topological polar surface area (TPSA) is 64.1 Å². The van der Waals surface area contributed by atoms with Gasteiger partial charge in [0.15, 0.2) is 0 Å². The quantitative estimate of drug-likeness (QED) is 0.147. The molecule has 1 atom stereocenters. The number of hydrogen-bond acceptors (Lipinski definition) is 4. The van der Waals surface area contributed by atoms with E-state index < -0.39 is 0 Å². The summed E-state index contributed by atoms with van der Waals surface area (Å²) in [6, 6.07) is 19.2. The van der Waals surface area contributed by atoms with Gasteiger partial charge in [-0.25, -0.2) is 0 Å². The summed E-state index contributed by atoms with van der Waals surface area (Å²) in [4.78, 5) is 0. The third kappa shape index (κ3) is 23.1. The molecule has 0 spiro atoms. The van der Waals surface area contributed by atoms with Crippen molar-refractivity contribution in [2.75, 3.05) is 5.75 Å². The normalized spacial score (nSPS) is 10.3. The predicted octanol–water partition coefficient (Wildman–Crippen LogP) is 7.58. The number of nitrogens with one attached hydrogen (secondary N) is 1. The molecule has 0 bridgehead atoms. The molecule has 4 heteroatoms. The van der Waals surface area contributed by atoms with Gasteiger partial charge in [-0.05, 0) is 74.2 Å². The Morgan fingerprint density at radius 2 is 1.63 bits per heavy atom. The number of thiol groups is 1. The van der Waals surface area contributed by atoms with Crippen LogP contribution in [0.2, 0.25) is 0 Å². The van der Waals surface area contributed by atoms with Gasteiger partial charge in [-0.3, -0.25) is 0 Å². The first kappa shape index (κ1) is 34.7. The van der Waals surface area contributed by atoms with E-state index in [4.69, 9.17) is 5.73 Å². The first-order chi connectivity index (χ1) is 16.7. The molecule has 0 aliphatic rings. The van der Waals surface area contributed by atoms with Crippen LogP contribution in [0, 0.1) is 12.8 Å². The van der Waals surface area contributed by atoms with Crippen LogP contribution in [0.4, 0.5) is 0 Å². The van der Waals surface area contributed by atoms with Crippen molar-refractivity contribution in [3.63, 3.8) is 0 Å². The Labute approximate surface area is 222 Å². The van der Waals surface area contributed by atoms with Crippen molar-refractivity contribution in [3.05, 3.63) is 109 Å². The molecule has 0 radical (unpaired) electrons. The van der Waals surface area contributed by atoms with E-state index >= 15 is 0 Å². The van der Waals surface area contributed by atoms with Crippen molar-refractivity contribution < 1.29 is 0 Å². The van der Waals surface area contributed by atoms with Gasteiger partial charge in [0.1, 0.15) is 0 Å². The molecule has 0 aliphatic carbocycles. The van der Waals surface area contributed by atoms with Gasteiger partial charge in [0.25, 0.3) is 0 Å². The van der Waals surface area contributed by atoms with Crippen LogP contribution in [0.15, 0.2) is 92.3 Å². The van der Waals surface area contributed by atoms with Crippen molar-refractivity contribution in [2.45, 2.75) is 72.4 Å². The maximum atomic E-state index is 5.83. The van der Waals surface area contributed by atoms with Gasteiger partial charge in [0, 0.05) is 12.6 Å². The first-order valence-electron chi connectivity index (χ1n) is 12.6. The van der Waals surface area contributed by atoms with Gasteiger partial charge in [0.05, 0.1) is 0 Å². The fourth-order valence-corrected chi connectivity index (χ4v) is 3.25. The molecule has 3 nitrogen and oxygen atoms in total. The minimum absolute atomic E-state index is 0.213. The standard InChI is InChI=1S/C11H16S.C9H11N.C9H19N.C2H5N/c1-10-5-4-7-11(9-10)6-2-3-8-12;1-2-10-8-9-6-4-3-5-7-9;1-5-8(4)9(10)6-7(2)3;1-2-3/h4-5,7,9,12H,2-3,6,8H2,1H3;2-7,10H,1,8H2;7,9H,4-6,10H2,1-3H3;2H,1,3H2. The highest BCUT2D eigenvalue weighted by Crippen LogP contribution is 2.11. The number of unbranched alkanes of at least 4 members (excludes halogenated alkanes) is 1. The van der Waals surface area contributed by atoms with Gasteiger partial charge in [0.2, 0.25) is 0 Å². The highest BCUT2D eigenvalue weighted by molar-refractivity contribution is 7.80. The number of nitrogens with two attached hydrogens (primary N) is 2. The summed E-state index contributed by atoms with van der Waals surface area (Å²) in [7, 11) is 0. The van der Waals surface area contributed by atoms with E-state index in [0.717, 1.165) is 25.1 Å². The highest BCUT2D eigenvalue weighted by atomic mass is 32.1. The fraction of sp³-hybridized carbons (Fsp3) is 0.419. The molecule has 0 saturated heterocycles. The Morgan fingerprint density at radius 1 is 1.03 bits per heavy atom. The summed E-state index contributed by atoms with van der Waals surface area (Å²) < 4.78 is 0. The summed E-state index contributed by atoms with van der Waals surface area (Å²) in [6.07, 6.45) is 8.69. The largest absolute Gasteiger partial charge is 0.405 e. The van der Waals surface area contributed by atoms with Crippen LogP contribution in [0.25, 0.3) is 0 Å². The van der Waals surface area contributed by atoms with E-state index in [9.17, 15) is 0 Å². The molecule has 35 heavy (non-hydrogen) atoms. The fourth-order valence-electron chi connectivity index (χ4n) is 3.03. The first-order valence-corrected chi connectivity index (χ1v) is 13.2. The average Bonchev–Trinajstić information content (AvgIpc) is 2.84. The Morgan fingerprint density at radius 3 is 2.11 bits per heavy atom. The molecule has 0 fully saturated rings. The molecule has 196 valence electrons. The van der Waals surface area contributed by atoms with Crippen molar-refractivity contribution in [1.29, 1.82) is 0 Å². The van der Waals surface area contributed by atoms with E-state index in [1.165, 1.54) is 47.7 Å². The molecule has 0 heterocycles. The lowest BCUT2D eigenvalue weighted by Gasteiger charge is -2.14. The molecule has 0 aliphatic heterocycles. The number of rotatable bonds is 11. The van der Waals surface area contributed by atoms with E-state index in [2.05, 4.69) is 108 Å². The van der Waals surface area contributed by atoms with Crippen LogP contribution in [0.5, 0.6) is 0 Å². The second-order valence-electron chi connectivity index (χ2n) is 8.72. The number of hydrogen-bond donors (Lipinski definition) is 4. The summed E-state index contributed by atoms with van der Waals surface area (Å²) in [5.41, 5.74) is 15.7. The second kappa shape index (κ2) is 24.7. The SMILES string of the molecule is C=C(CC)C(N)CC(C)C.C=CN.C=CNCc1ccccc1.Cc1cccc(CCCCS)c1. The average molecular weight is 498 g/mol. The van der Waals surface area contributed by atoms with Gasteiger partial charge in [-0.2, -0.15) is 12.6 Å². The molecular weight excluding hydrogens is 446 g/mol. The molecule has 2 aromatic carbocycles. The monoisotopic (exact) mass is 497 g/mol. The molecule has 0 aromatic heterocycles. The maximum absolute atomic E-state index is 5.83. The lowest BCUT2D eigenvalue weighted by Crippen LogP contribution is -2.23. The van der Waals surface area contributed by atoms with E-state index in [0.29, 0.717) is 5.92 Å². The summed E-state index contributed by atoms with van der Waals surface area (Å²) in [5.74, 6) is 1.68. The zero-order valence-corrected chi connectivity index (χ0v) is 23.6. The van der Waals surface area contributed by atoms with E-state index in [1.54, 1.807) is 6.20 Å². The predicted molar refractivity (Wildman–Crippen MR) is 163 cm³/mol. The van der Waals surface area contributed by atoms with E-state index in [-0.39, 0.29) is 6.04 Å². The van der Waals surface area contributed by atoms with Crippen molar-refractivity contribution in [1.82, 2.24) is 5.32 Å². The maximum Gasteiger partial charge on any atom is 0.0395 e. The zero-order valence-electron chi connectivity index (χ0n) is 22.7. The van der Waals surface area contributed by atoms with Gasteiger partial charge < -0.3 is 16.8 Å². The lowest BCUT2D eigenvalue weighted by molar-refractivity contribution is 0.527. The Kier molecular flexibility index (Phi) is 24.5. The molecule has 0 amide bonds. The minimum atomic E-state index is 0.213. The Bertz CT molecular complexity index is 772. The smallest absolute Gasteiger partial charge is 0.0395 e. The molecule has 2 rings (SSSR count). The second-order valence-corrected chi connectivity index (χ2v) is 9.17. The van der Waals surface area contributed by atoms with Gasteiger partial charge in [-0.15, -0.1) is 0 Å². The van der Waals surface area contributed by atoms with Crippen LogP contribution < -0.4 is 16.8 Å². The summed E-state index contributed by atoms with van der Waals surface area (Å²) in [5, 5.41) is 3.03. The highest BCUT2D eigenvalue weighted by Gasteiger charge is 2.06. The van der Waals surface area contributed by atoms with Gasteiger partial charge in [-0.1, -0.05) is 106 Å². The Hall–Kier alpha value is -2.43. The molecule has 0 saturated carbocycles. The zero-order chi connectivity index (χ0) is 26.9. The molecule has 2 aromatic rings. The van der Waals surface area contributed by atoms with Crippen LogP contribution >= 0.6 is 12.6 Å².